The molecule has 102 valence electrons. The van der Waals surface area contributed by atoms with Crippen molar-refractivity contribution in [2.24, 2.45) is 0 Å². The lowest BCUT2D eigenvalue weighted by Gasteiger charge is -2.18. The van der Waals surface area contributed by atoms with Crippen LogP contribution in [0, 0.1) is 0 Å². The van der Waals surface area contributed by atoms with Crippen LogP contribution in [0.2, 0.25) is 0 Å². The summed E-state index contributed by atoms with van der Waals surface area (Å²) in [5, 5.41) is 19.1. The second-order valence-electron chi connectivity index (χ2n) is 5.00. The summed E-state index contributed by atoms with van der Waals surface area (Å²) >= 11 is 0. The first kappa shape index (κ1) is 14.8. The molecule has 1 aromatic carbocycles. The molecule has 1 aromatic rings. The van der Waals surface area contributed by atoms with Crippen LogP contribution in [0.1, 0.15) is 38.9 Å². The van der Waals surface area contributed by atoms with Crippen molar-refractivity contribution in [3.05, 3.63) is 23.8 Å². The number of methoxy groups -OCH3 is 1. The SMILES string of the molecule is COc1cc(C(C)O)ccc1OCCC(C)(C)O. The van der Waals surface area contributed by atoms with E-state index in [1.165, 1.54) is 0 Å². The zero-order valence-electron chi connectivity index (χ0n) is 11.4. The predicted octanol–water partition coefficient (Wildman–Crippen LogP) is 2.29. The van der Waals surface area contributed by atoms with E-state index in [1.54, 1.807) is 46.1 Å². The third-order valence-corrected chi connectivity index (χ3v) is 2.64. The fraction of sp³-hybridized carbons (Fsp3) is 0.571. The van der Waals surface area contributed by atoms with Crippen LogP contribution in [-0.4, -0.2) is 29.5 Å². The molecule has 0 aliphatic heterocycles. The monoisotopic (exact) mass is 254 g/mol. The minimum Gasteiger partial charge on any atom is -0.493 e. The second kappa shape index (κ2) is 6.07. The average molecular weight is 254 g/mol. The van der Waals surface area contributed by atoms with E-state index >= 15 is 0 Å². The molecule has 2 N–H and O–H groups in total. The minimum absolute atomic E-state index is 0.411. The van der Waals surface area contributed by atoms with Gasteiger partial charge in [0.1, 0.15) is 0 Å². The van der Waals surface area contributed by atoms with Gasteiger partial charge in [0.15, 0.2) is 11.5 Å². The van der Waals surface area contributed by atoms with Crippen molar-refractivity contribution in [1.82, 2.24) is 0 Å². The maximum Gasteiger partial charge on any atom is 0.161 e. The van der Waals surface area contributed by atoms with Crippen LogP contribution in [0.25, 0.3) is 0 Å². The van der Waals surface area contributed by atoms with Crippen LogP contribution in [0.3, 0.4) is 0 Å². The summed E-state index contributed by atoms with van der Waals surface area (Å²) in [6.45, 7) is 5.59. The van der Waals surface area contributed by atoms with Crippen LogP contribution in [0.15, 0.2) is 18.2 Å². The second-order valence-corrected chi connectivity index (χ2v) is 5.00. The van der Waals surface area contributed by atoms with Gasteiger partial charge in [-0.3, -0.25) is 0 Å². The summed E-state index contributed by atoms with van der Waals surface area (Å²) in [6, 6.07) is 5.32. The van der Waals surface area contributed by atoms with Gasteiger partial charge < -0.3 is 19.7 Å². The summed E-state index contributed by atoms with van der Waals surface area (Å²) in [6.07, 6.45) is -0.00164. The Morgan fingerprint density at radius 2 is 1.94 bits per heavy atom. The molecule has 4 nitrogen and oxygen atoms in total. The summed E-state index contributed by atoms with van der Waals surface area (Å²) in [7, 11) is 1.56. The van der Waals surface area contributed by atoms with Crippen LogP contribution in [-0.2, 0) is 0 Å². The number of benzene rings is 1. The van der Waals surface area contributed by atoms with Gasteiger partial charge in [0.25, 0.3) is 0 Å². The van der Waals surface area contributed by atoms with Gasteiger partial charge in [0.2, 0.25) is 0 Å². The van der Waals surface area contributed by atoms with E-state index < -0.39 is 11.7 Å². The number of hydrogen-bond acceptors (Lipinski definition) is 4. The maximum atomic E-state index is 9.59. The van der Waals surface area contributed by atoms with E-state index in [0.717, 1.165) is 5.56 Å². The summed E-state index contributed by atoms with van der Waals surface area (Å²) in [4.78, 5) is 0. The summed E-state index contributed by atoms with van der Waals surface area (Å²) < 4.78 is 10.8. The highest BCUT2D eigenvalue weighted by Gasteiger charge is 2.14. The first-order chi connectivity index (χ1) is 8.33. The highest BCUT2D eigenvalue weighted by Crippen LogP contribution is 2.30. The Morgan fingerprint density at radius 3 is 2.44 bits per heavy atom. The molecule has 1 unspecified atom stereocenters. The van der Waals surface area contributed by atoms with E-state index in [0.29, 0.717) is 24.5 Å². The van der Waals surface area contributed by atoms with Gasteiger partial charge in [0.05, 0.1) is 25.4 Å². The van der Waals surface area contributed by atoms with Crippen molar-refractivity contribution in [3.8, 4) is 11.5 Å². The first-order valence-electron chi connectivity index (χ1n) is 6.04. The molecular weight excluding hydrogens is 232 g/mol. The lowest BCUT2D eigenvalue weighted by Crippen LogP contribution is -2.21. The van der Waals surface area contributed by atoms with Gasteiger partial charge in [-0.2, -0.15) is 0 Å². The smallest absolute Gasteiger partial charge is 0.161 e. The number of hydrogen-bond donors (Lipinski definition) is 2. The molecule has 0 spiro atoms. The molecule has 0 saturated heterocycles. The van der Waals surface area contributed by atoms with Gasteiger partial charge in [-0.05, 0) is 38.5 Å². The van der Waals surface area contributed by atoms with Crippen molar-refractivity contribution in [3.63, 3.8) is 0 Å². The highest BCUT2D eigenvalue weighted by atomic mass is 16.5. The van der Waals surface area contributed by atoms with Gasteiger partial charge in [-0.15, -0.1) is 0 Å². The van der Waals surface area contributed by atoms with Crippen molar-refractivity contribution < 1.29 is 19.7 Å². The predicted molar refractivity (Wildman–Crippen MR) is 70.0 cm³/mol. The quantitative estimate of drug-likeness (QED) is 0.817. The third-order valence-electron chi connectivity index (χ3n) is 2.64. The Hall–Kier alpha value is -1.26. The summed E-state index contributed by atoms with van der Waals surface area (Å²) in [5.41, 5.74) is 0.0361. The Balaban J connectivity index is 2.71. The lowest BCUT2D eigenvalue weighted by atomic mass is 10.1. The molecule has 0 radical (unpaired) electrons. The standard InChI is InChI=1S/C14H22O4/c1-10(15)11-5-6-12(13(9-11)17-4)18-8-7-14(2,3)16/h5-6,9-10,15-16H,7-8H2,1-4H3. The van der Waals surface area contributed by atoms with Gasteiger partial charge in [0, 0.05) is 6.42 Å². The van der Waals surface area contributed by atoms with Crippen molar-refractivity contribution in [2.75, 3.05) is 13.7 Å². The van der Waals surface area contributed by atoms with E-state index in [2.05, 4.69) is 0 Å². The molecule has 0 heterocycles. The van der Waals surface area contributed by atoms with Crippen molar-refractivity contribution in [1.29, 1.82) is 0 Å². The molecule has 18 heavy (non-hydrogen) atoms. The molecule has 0 aromatic heterocycles. The number of aliphatic hydroxyl groups excluding tert-OH is 1. The average Bonchev–Trinajstić information content (AvgIpc) is 2.27. The van der Waals surface area contributed by atoms with E-state index in [1.807, 2.05) is 0 Å². The van der Waals surface area contributed by atoms with E-state index in [-0.39, 0.29) is 0 Å². The Morgan fingerprint density at radius 1 is 1.28 bits per heavy atom. The molecule has 0 aliphatic carbocycles. The normalized spacial score (nSPS) is 13.2. The Labute approximate surface area is 108 Å². The highest BCUT2D eigenvalue weighted by molar-refractivity contribution is 5.43. The van der Waals surface area contributed by atoms with E-state index in [9.17, 15) is 10.2 Å². The van der Waals surface area contributed by atoms with Crippen LogP contribution < -0.4 is 9.47 Å². The number of ether oxygens (including phenoxy) is 2. The molecule has 4 heteroatoms. The van der Waals surface area contributed by atoms with Gasteiger partial charge in [-0.1, -0.05) is 6.07 Å². The van der Waals surface area contributed by atoms with Gasteiger partial charge >= 0.3 is 0 Å². The maximum absolute atomic E-state index is 9.59. The topological polar surface area (TPSA) is 58.9 Å². The van der Waals surface area contributed by atoms with Crippen molar-refractivity contribution in [2.45, 2.75) is 38.9 Å². The first-order valence-corrected chi connectivity index (χ1v) is 6.04. The Kier molecular flexibility index (Phi) is 4.99. The minimum atomic E-state index is -0.743. The summed E-state index contributed by atoms with van der Waals surface area (Å²) in [5.74, 6) is 1.20. The molecule has 0 aliphatic rings. The molecule has 0 fully saturated rings. The third kappa shape index (κ3) is 4.55. The fourth-order valence-electron chi connectivity index (χ4n) is 1.47. The molecule has 1 atom stereocenters. The largest absolute Gasteiger partial charge is 0.493 e. The number of aliphatic hydroxyl groups is 2. The van der Waals surface area contributed by atoms with Crippen LogP contribution in [0.5, 0.6) is 11.5 Å². The molecule has 1 rings (SSSR count). The van der Waals surface area contributed by atoms with Crippen molar-refractivity contribution >= 4 is 0 Å². The lowest BCUT2D eigenvalue weighted by molar-refractivity contribution is 0.0549. The molecular formula is C14H22O4. The number of rotatable bonds is 6. The molecule has 0 bridgehead atoms. The zero-order valence-corrected chi connectivity index (χ0v) is 11.4. The fourth-order valence-corrected chi connectivity index (χ4v) is 1.47. The molecule has 0 amide bonds. The van der Waals surface area contributed by atoms with Gasteiger partial charge in [-0.25, -0.2) is 0 Å². The Bertz CT molecular complexity index is 380. The van der Waals surface area contributed by atoms with E-state index in [4.69, 9.17) is 9.47 Å². The van der Waals surface area contributed by atoms with Crippen LogP contribution in [0.4, 0.5) is 0 Å². The van der Waals surface area contributed by atoms with Crippen LogP contribution >= 0.6 is 0 Å². The molecule has 0 saturated carbocycles. The zero-order chi connectivity index (χ0) is 13.8.